The van der Waals surface area contributed by atoms with E-state index >= 15 is 0 Å². The van der Waals surface area contributed by atoms with Crippen molar-refractivity contribution in [2.45, 2.75) is 20.0 Å². The molecule has 0 bridgehead atoms. The van der Waals surface area contributed by atoms with E-state index in [0.717, 1.165) is 6.07 Å². The Kier molecular flexibility index (Phi) is 4.62. The molecule has 0 spiro atoms. The molecule has 0 unspecified atom stereocenters. The maximum absolute atomic E-state index is 12.4. The zero-order valence-electron chi connectivity index (χ0n) is 9.84. The van der Waals surface area contributed by atoms with Gasteiger partial charge in [0.15, 0.2) is 0 Å². The number of ether oxygens (including phenoxy) is 1. The minimum Gasteiger partial charge on any atom is -0.493 e. The third-order valence-electron chi connectivity index (χ3n) is 2.02. The topological polar surface area (TPSA) is 26.3 Å². The van der Waals surface area contributed by atoms with E-state index in [4.69, 9.17) is 16.3 Å². The van der Waals surface area contributed by atoms with Gasteiger partial charge in [-0.3, -0.25) is 4.79 Å². The molecule has 0 saturated heterocycles. The lowest BCUT2D eigenvalue weighted by Crippen LogP contribution is -2.23. The molecule has 0 aliphatic heterocycles. The van der Waals surface area contributed by atoms with Crippen molar-refractivity contribution in [1.29, 1.82) is 0 Å². The first-order valence-electron chi connectivity index (χ1n) is 5.25. The highest BCUT2D eigenvalue weighted by Gasteiger charge is 2.41. The molecule has 1 rings (SSSR count). The van der Waals surface area contributed by atoms with Crippen molar-refractivity contribution in [2.24, 2.45) is 5.92 Å². The molecule has 0 aromatic heterocycles. The van der Waals surface area contributed by atoms with Crippen molar-refractivity contribution in [3.63, 3.8) is 0 Å². The van der Waals surface area contributed by atoms with Gasteiger partial charge in [-0.05, 0) is 24.1 Å². The van der Waals surface area contributed by atoms with E-state index in [-0.39, 0.29) is 23.3 Å². The third-order valence-corrected chi connectivity index (χ3v) is 2.25. The molecular formula is C12H12ClF3O2. The molecule has 0 aliphatic carbocycles. The zero-order chi connectivity index (χ0) is 13.9. The van der Waals surface area contributed by atoms with Crippen molar-refractivity contribution in [1.82, 2.24) is 0 Å². The van der Waals surface area contributed by atoms with Crippen LogP contribution < -0.4 is 4.74 Å². The van der Waals surface area contributed by atoms with Crippen molar-refractivity contribution in [2.75, 3.05) is 6.61 Å². The Hall–Kier alpha value is -1.23. The van der Waals surface area contributed by atoms with Gasteiger partial charge in [0, 0.05) is 5.02 Å². The summed E-state index contributed by atoms with van der Waals surface area (Å²) in [5.41, 5.74) is -0.560. The summed E-state index contributed by atoms with van der Waals surface area (Å²) in [5.74, 6) is -1.92. The molecule has 1 aromatic carbocycles. The molecule has 0 aliphatic rings. The number of rotatable bonds is 4. The van der Waals surface area contributed by atoms with Crippen LogP contribution in [0.1, 0.15) is 24.2 Å². The molecule has 0 saturated carbocycles. The quantitative estimate of drug-likeness (QED) is 0.776. The molecule has 100 valence electrons. The number of benzene rings is 1. The van der Waals surface area contributed by atoms with Crippen molar-refractivity contribution < 1.29 is 22.7 Å². The number of halogens is 4. The summed E-state index contributed by atoms with van der Waals surface area (Å²) in [4.78, 5) is 11.2. The van der Waals surface area contributed by atoms with Crippen LogP contribution in [0, 0.1) is 5.92 Å². The standard InChI is InChI=1S/C12H12ClF3O2/c1-7(2)6-18-10-4-3-8(13)5-9(10)11(17)12(14,15)16/h3-5,7H,6H2,1-2H3. The average Bonchev–Trinajstić information content (AvgIpc) is 2.24. The van der Waals surface area contributed by atoms with Gasteiger partial charge in [-0.25, -0.2) is 0 Å². The second-order valence-corrected chi connectivity index (χ2v) is 4.61. The molecule has 1 aromatic rings. The van der Waals surface area contributed by atoms with E-state index in [1.165, 1.54) is 12.1 Å². The first-order chi connectivity index (χ1) is 8.21. The van der Waals surface area contributed by atoms with E-state index in [0.29, 0.717) is 0 Å². The lowest BCUT2D eigenvalue weighted by Gasteiger charge is -2.13. The number of carbonyl (C=O) groups excluding carboxylic acids is 1. The van der Waals surface area contributed by atoms with E-state index < -0.39 is 17.5 Å². The lowest BCUT2D eigenvalue weighted by atomic mass is 10.1. The maximum Gasteiger partial charge on any atom is 0.455 e. The van der Waals surface area contributed by atoms with E-state index in [1.807, 2.05) is 13.8 Å². The van der Waals surface area contributed by atoms with Crippen LogP contribution in [0.5, 0.6) is 5.75 Å². The van der Waals surface area contributed by atoms with Crippen molar-refractivity contribution >= 4 is 17.4 Å². The van der Waals surface area contributed by atoms with Crippen LogP contribution in [-0.2, 0) is 0 Å². The van der Waals surface area contributed by atoms with E-state index in [2.05, 4.69) is 0 Å². The first-order valence-corrected chi connectivity index (χ1v) is 5.63. The van der Waals surface area contributed by atoms with Gasteiger partial charge in [-0.1, -0.05) is 25.4 Å². The van der Waals surface area contributed by atoms with Crippen LogP contribution in [0.2, 0.25) is 5.02 Å². The molecule has 2 nitrogen and oxygen atoms in total. The van der Waals surface area contributed by atoms with Crippen molar-refractivity contribution in [3.05, 3.63) is 28.8 Å². The van der Waals surface area contributed by atoms with Gasteiger partial charge in [0.05, 0.1) is 12.2 Å². The fourth-order valence-corrected chi connectivity index (χ4v) is 1.39. The van der Waals surface area contributed by atoms with Gasteiger partial charge in [0.1, 0.15) is 5.75 Å². The fourth-order valence-electron chi connectivity index (χ4n) is 1.21. The van der Waals surface area contributed by atoms with Gasteiger partial charge in [0.2, 0.25) is 0 Å². The van der Waals surface area contributed by atoms with Gasteiger partial charge < -0.3 is 4.74 Å². The maximum atomic E-state index is 12.4. The molecule has 0 N–H and O–H groups in total. The molecule has 0 atom stereocenters. The fraction of sp³-hybridized carbons (Fsp3) is 0.417. The second kappa shape index (κ2) is 5.61. The van der Waals surface area contributed by atoms with Crippen LogP contribution in [-0.4, -0.2) is 18.6 Å². The highest BCUT2D eigenvalue weighted by atomic mass is 35.5. The first kappa shape index (κ1) is 14.8. The Morgan fingerprint density at radius 1 is 1.39 bits per heavy atom. The predicted molar refractivity (Wildman–Crippen MR) is 62.2 cm³/mol. The largest absolute Gasteiger partial charge is 0.493 e. The SMILES string of the molecule is CC(C)COc1ccc(Cl)cc1C(=O)C(F)(F)F. The summed E-state index contributed by atoms with van der Waals surface area (Å²) in [6, 6.07) is 3.61. The minimum atomic E-state index is -4.94. The van der Waals surface area contributed by atoms with Crippen LogP contribution >= 0.6 is 11.6 Å². The Bertz CT molecular complexity index is 441. The van der Waals surface area contributed by atoms with Crippen LogP contribution in [0.15, 0.2) is 18.2 Å². The molecule has 0 heterocycles. The molecule has 0 amide bonds. The molecular weight excluding hydrogens is 269 g/mol. The highest BCUT2D eigenvalue weighted by molar-refractivity contribution is 6.31. The van der Waals surface area contributed by atoms with E-state index in [1.54, 1.807) is 0 Å². The third kappa shape index (κ3) is 3.91. The van der Waals surface area contributed by atoms with Gasteiger partial charge >= 0.3 is 6.18 Å². The summed E-state index contributed by atoms with van der Waals surface area (Å²) in [7, 11) is 0. The Morgan fingerprint density at radius 2 is 2.00 bits per heavy atom. The second-order valence-electron chi connectivity index (χ2n) is 4.17. The van der Waals surface area contributed by atoms with Gasteiger partial charge in [-0.2, -0.15) is 13.2 Å². The Labute approximate surface area is 108 Å². The van der Waals surface area contributed by atoms with Crippen LogP contribution in [0.4, 0.5) is 13.2 Å². The number of Topliss-reactive ketones (excluding diaryl/α,β-unsaturated/α-hetero) is 1. The van der Waals surface area contributed by atoms with Crippen LogP contribution in [0.25, 0.3) is 0 Å². The van der Waals surface area contributed by atoms with E-state index in [9.17, 15) is 18.0 Å². The predicted octanol–water partition coefficient (Wildman–Crippen LogP) is 4.12. The average molecular weight is 281 g/mol. The summed E-state index contributed by atoms with van der Waals surface area (Å²) in [5, 5.41) is 0.0551. The lowest BCUT2D eigenvalue weighted by molar-refractivity contribution is -0.0886. The summed E-state index contributed by atoms with van der Waals surface area (Å²) in [6.45, 7) is 3.92. The zero-order valence-corrected chi connectivity index (χ0v) is 10.6. The number of hydrogen-bond acceptors (Lipinski definition) is 2. The number of carbonyl (C=O) groups is 1. The molecule has 0 fully saturated rings. The monoisotopic (exact) mass is 280 g/mol. The van der Waals surface area contributed by atoms with Crippen LogP contribution in [0.3, 0.4) is 0 Å². The number of hydrogen-bond donors (Lipinski definition) is 0. The van der Waals surface area contributed by atoms with Crippen molar-refractivity contribution in [3.8, 4) is 5.75 Å². The minimum absolute atomic E-state index is 0.0551. The molecule has 18 heavy (non-hydrogen) atoms. The molecule has 6 heteroatoms. The number of ketones is 1. The summed E-state index contributed by atoms with van der Waals surface area (Å²) < 4.78 is 42.4. The summed E-state index contributed by atoms with van der Waals surface area (Å²) >= 11 is 5.60. The Morgan fingerprint density at radius 3 is 2.50 bits per heavy atom. The Balaban J connectivity index is 3.08. The number of alkyl halides is 3. The van der Waals surface area contributed by atoms with Gasteiger partial charge in [-0.15, -0.1) is 0 Å². The smallest absolute Gasteiger partial charge is 0.455 e. The normalized spacial score (nSPS) is 11.7. The van der Waals surface area contributed by atoms with Gasteiger partial charge in [0.25, 0.3) is 5.78 Å². The molecule has 0 radical (unpaired) electrons. The summed E-state index contributed by atoms with van der Waals surface area (Å²) in [6.07, 6.45) is -4.94. The highest BCUT2D eigenvalue weighted by Crippen LogP contribution is 2.30.